The van der Waals surface area contributed by atoms with Crippen molar-refractivity contribution in [3.63, 3.8) is 0 Å². The van der Waals surface area contributed by atoms with E-state index in [0.717, 1.165) is 44.0 Å². The van der Waals surface area contributed by atoms with Gasteiger partial charge in [0.1, 0.15) is 6.29 Å². The molecule has 4 fully saturated rings. The van der Waals surface area contributed by atoms with Crippen molar-refractivity contribution in [1.29, 1.82) is 0 Å². The minimum absolute atomic E-state index is 0.0777. The van der Waals surface area contributed by atoms with E-state index in [1.54, 1.807) is 5.57 Å². The van der Waals surface area contributed by atoms with Gasteiger partial charge in [-0.2, -0.15) is 0 Å². The summed E-state index contributed by atoms with van der Waals surface area (Å²) in [6, 6.07) is 7.84. The van der Waals surface area contributed by atoms with E-state index in [2.05, 4.69) is 54.5 Å². The van der Waals surface area contributed by atoms with E-state index in [-0.39, 0.29) is 39.8 Å². The van der Waals surface area contributed by atoms with Crippen LogP contribution in [0.15, 0.2) is 35.9 Å². The summed E-state index contributed by atoms with van der Waals surface area (Å²) in [6.45, 7) is 18.0. The van der Waals surface area contributed by atoms with Gasteiger partial charge in [-0.05, 0) is 103 Å². The van der Waals surface area contributed by atoms with Crippen molar-refractivity contribution in [3.05, 3.63) is 47.0 Å². The largest absolute Gasteiger partial charge is 0.396 e. The molecule has 0 aliphatic heterocycles. The number of aldehydes is 1. The van der Waals surface area contributed by atoms with Crippen molar-refractivity contribution in [2.24, 2.45) is 50.2 Å². The number of carbonyl (C=O) groups excluding carboxylic acids is 1. The highest BCUT2D eigenvalue weighted by molar-refractivity contribution is 5.74. The normalized spacial score (nSPS) is 47.7. The van der Waals surface area contributed by atoms with E-state index in [4.69, 9.17) is 4.74 Å². The van der Waals surface area contributed by atoms with Crippen LogP contribution >= 0.6 is 0 Å². The van der Waals surface area contributed by atoms with Crippen LogP contribution < -0.4 is 0 Å². The Bertz CT molecular complexity index is 1230. The van der Waals surface area contributed by atoms with Crippen molar-refractivity contribution in [1.82, 2.24) is 0 Å². The van der Waals surface area contributed by atoms with E-state index in [1.807, 2.05) is 24.3 Å². The molecule has 2 N–H and O–H groups in total. The second kappa shape index (κ2) is 10.0. The van der Waals surface area contributed by atoms with Gasteiger partial charge in [-0.15, -0.1) is 0 Å². The number of allylic oxidation sites excluding steroid dienone is 2. The fraction of sp³-hybridized carbons (Fsp3) is 0.763. The van der Waals surface area contributed by atoms with Crippen molar-refractivity contribution in [2.75, 3.05) is 6.61 Å². The molecule has 0 bridgehead atoms. The summed E-state index contributed by atoms with van der Waals surface area (Å²) in [5.41, 5.74) is 3.97. The van der Waals surface area contributed by atoms with Crippen LogP contribution in [0.25, 0.3) is 0 Å². The fourth-order valence-corrected chi connectivity index (χ4v) is 11.8. The molecule has 0 amide bonds. The summed E-state index contributed by atoms with van der Waals surface area (Å²) < 4.78 is 6.86. The first-order valence-corrected chi connectivity index (χ1v) is 16.8. The molecule has 5 aliphatic rings. The summed E-state index contributed by atoms with van der Waals surface area (Å²) in [5, 5.41) is 21.6. The Balaban J connectivity index is 1.32. The highest BCUT2D eigenvalue weighted by Gasteiger charge is 2.69. The van der Waals surface area contributed by atoms with Crippen LogP contribution in [0.2, 0.25) is 0 Å². The predicted molar refractivity (Wildman–Crippen MR) is 168 cm³/mol. The maximum Gasteiger partial charge on any atom is 0.150 e. The molecule has 0 heterocycles. The summed E-state index contributed by atoms with van der Waals surface area (Å²) in [7, 11) is 0. The van der Waals surface area contributed by atoms with Crippen LogP contribution in [0.1, 0.15) is 122 Å². The van der Waals surface area contributed by atoms with Gasteiger partial charge in [0.25, 0.3) is 0 Å². The van der Waals surface area contributed by atoms with Crippen LogP contribution in [-0.4, -0.2) is 35.3 Å². The number of hydrogen-bond acceptors (Lipinski definition) is 4. The molecule has 0 radical (unpaired) electrons. The first-order chi connectivity index (χ1) is 19.7. The Morgan fingerprint density at radius 3 is 2.26 bits per heavy atom. The number of aliphatic hydroxyl groups excluding tert-OH is 2. The average Bonchev–Trinajstić information content (AvgIpc) is 2.95. The molecule has 1 aromatic rings. The predicted octanol–water partition coefficient (Wildman–Crippen LogP) is 8.15. The molecule has 1 aromatic carbocycles. The first-order valence-electron chi connectivity index (χ1n) is 16.8. The second-order valence-corrected chi connectivity index (χ2v) is 17.3. The Hall–Kier alpha value is -1.49. The average molecular weight is 577 g/mol. The number of fused-ring (bicyclic) bond motifs is 7. The molecule has 42 heavy (non-hydrogen) atoms. The topological polar surface area (TPSA) is 66.8 Å². The number of carbonyl (C=O) groups is 1. The maximum absolute atomic E-state index is 11.1. The Morgan fingerprint density at radius 2 is 1.60 bits per heavy atom. The highest BCUT2D eigenvalue weighted by Crippen LogP contribution is 2.75. The van der Waals surface area contributed by atoms with Gasteiger partial charge in [-0.3, -0.25) is 4.79 Å². The third-order valence-corrected chi connectivity index (χ3v) is 14.8. The van der Waals surface area contributed by atoms with Gasteiger partial charge >= 0.3 is 0 Å². The summed E-state index contributed by atoms with van der Waals surface area (Å²) >= 11 is 0. The van der Waals surface area contributed by atoms with E-state index < -0.39 is 11.5 Å². The van der Waals surface area contributed by atoms with Crippen LogP contribution in [0, 0.1) is 50.2 Å². The Morgan fingerprint density at radius 1 is 0.881 bits per heavy atom. The SMILES string of the molecule is CC1(C)C[C@@H]2C3=CC[C@@H]4[C@@]5(C)CC[C@H](O)C(C)(CO)C5CC[C@@]4(C)[C@]3(C)CC[C@@]2(C)[C@H](OCc2ccc(C=O)cc2)C1. The Kier molecular flexibility index (Phi) is 7.28. The molecule has 0 spiro atoms. The zero-order chi connectivity index (χ0) is 30.3. The van der Waals surface area contributed by atoms with Crippen molar-refractivity contribution in [2.45, 2.75) is 125 Å². The number of rotatable bonds is 5. The zero-order valence-corrected chi connectivity index (χ0v) is 27.3. The minimum atomic E-state index is -0.407. The van der Waals surface area contributed by atoms with Crippen molar-refractivity contribution < 1.29 is 19.7 Å². The van der Waals surface area contributed by atoms with E-state index >= 15 is 0 Å². The third-order valence-electron chi connectivity index (χ3n) is 14.8. The monoisotopic (exact) mass is 576 g/mol. The van der Waals surface area contributed by atoms with Gasteiger partial charge in [-0.1, -0.05) is 84.4 Å². The number of aliphatic hydroxyl groups is 2. The van der Waals surface area contributed by atoms with Gasteiger partial charge in [0, 0.05) is 16.4 Å². The molecule has 4 saturated carbocycles. The molecular weight excluding hydrogens is 520 g/mol. The summed E-state index contributed by atoms with van der Waals surface area (Å²) in [4.78, 5) is 11.1. The molecule has 0 saturated heterocycles. The molecule has 232 valence electrons. The smallest absolute Gasteiger partial charge is 0.150 e. The molecular formula is C38H56O4. The first kappa shape index (κ1) is 30.5. The third kappa shape index (κ3) is 4.21. The van der Waals surface area contributed by atoms with Gasteiger partial charge in [0.15, 0.2) is 0 Å². The fourth-order valence-electron chi connectivity index (χ4n) is 11.8. The minimum Gasteiger partial charge on any atom is -0.396 e. The lowest BCUT2D eigenvalue weighted by atomic mass is 9.33. The molecule has 4 heteroatoms. The standard InChI is InChI=1S/C38H56O4/c1-33(2)20-28-27-12-13-30-35(4)16-15-31(41)36(5,24-40)29(35)14-17-38(30,7)37(27,6)19-18-34(28,3)32(21-33)42-23-26-10-8-25(22-39)9-11-26/h8-12,22,28-32,40-41H,13-21,23-24H2,1-7H3/t28-,29?,30-,31+,32-,34-,35+,36?,37-,38-/m1/s1. The van der Waals surface area contributed by atoms with E-state index in [1.165, 1.54) is 25.7 Å². The molecule has 5 aliphatic carbocycles. The van der Waals surface area contributed by atoms with Gasteiger partial charge in [0.05, 0.1) is 25.4 Å². The molecule has 2 unspecified atom stereocenters. The molecule has 0 aromatic heterocycles. The number of benzene rings is 1. The van der Waals surface area contributed by atoms with Crippen molar-refractivity contribution in [3.8, 4) is 0 Å². The van der Waals surface area contributed by atoms with Gasteiger partial charge in [-0.25, -0.2) is 0 Å². The molecule has 4 nitrogen and oxygen atoms in total. The second-order valence-electron chi connectivity index (χ2n) is 17.3. The van der Waals surface area contributed by atoms with E-state index in [0.29, 0.717) is 29.9 Å². The number of hydrogen-bond donors (Lipinski definition) is 2. The summed E-state index contributed by atoms with van der Waals surface area (Å²) in [6.07, 6.45) is 13.3. The number of ether oxygens (including phenoxy) is 1. The quantitative estimate of drug-likeness (QED) is 0.274. The van der Waals surface area contributed by atoms with Gasteiger partial charge in [0.2, 0.25) is 0 Å². The zero-order valence-electron chi connectivity index (χ0n) is 27.3. The van der Waals surface area contributed by atoms with Crippen molar-refractivity contribution >= 4 is 6.29 Å². The lowest BCUT2D eigenvalue weighted by Crippen LogP contribution is -2.66. The van der Waals surface area contributed by atoms with Crippen LogP contribution in [0.5, 0.6) is 0 Å². The van der Waals surface area contributed by atoms with Gasteiger partial charge < -0.3 is 14.9 Å². The highest BCUT2D eigenvalue weighted by atomic mass is 16.5. The maximum atomic E-state index is 11.1. The van der Waals surface area contributed by atoms with Crippen LogP contribution in [0.3, 0.4) is 0 Å². The van der Waals surface area contributed by atoms with Crippen LogP contribution in [0.4, 0.5) is 0 Å². The molecule has 10 atom stereocenters. The lowest BCUT2D eigenvalue weighted by molar-refractivity contribution is -0.220. The van der Waals surface area contributed by atoms with E-state index in [9.17, 15) is 15.0 Å². The van der Waals surface area contributed by atoms with Crippen LogP contribution in [-0.2, 0) is 11.3 Å². The Labute approximate surface area is 254 Å². The molecule has 6 rings (SSSR count). The summed E-state index contributed by atoms with van der Waals surface area (Å²) in [5.74, 6) is 1.44. The lowest BCUT2D eigenvalue weighted by Gasteiger charge is -2.71.